The minimum Gasteiger partial charge on any atom is -0.327 e. The van der Waals surface area contributed by atoms with E-state index in [0.717, 1.165) is 47.8 Å². The first-order chi connectivity index (χ1) is 9.13. The third-order valence-corrected chi connectivity index (χ3v) is 3.60. The fourth-order valence-corrected chi connectivity index (χ4v) is 2.69. The highest BCUT2D eigenvalue weighted by Crippen LogP contribution is 2.25. The molecule has 0 radical (unpaired) electrons. The number of nitrogens with zero attached hydrogens (tertiary/aromatic N) is 3. The van der Waals surface area contributed by atoms with E-state index >= 15 is 0 Å². The topological polar surface area (TPSA) is 21.1 Å². The van der Waals surface area contributed by atoms with Crippen LogP contribution in [0.4, 0.5) is 0 Å². The van der Waals surface area contributed by atoms with Crippen molar-refractivity contribution in [2.24, 2.45) is 0 Å². The number of aryl methyl sites for hydroxylation is 2. The molecule has 0 spiro atoms. The molecule has 0 aliphatic rings. The highest BCUT2D eigenvalue weighted by atomic mass is 35.5. The molecule has 0 aliphatic carbocycles. The average Bonchev–Trinajstić information content (AvgIpc) is 2.69. The fourth-order valence-electron chi connectivity index (χ4n) is 2.25. The Morgan fingerprint density at radius 3 is 2.79 bits per heavy atom. The van der Waals surface area contributed by atoms with Gasteiger partial charge in [-0.15, -0.1) is 11.6 Å². The van der Waals surface area contributed by atoms with Crippen molar-refractivity contribution >= 4 is 34.2 Å². The summed E-state index contributed by atoms with van der Waals surface area (Å²) in [6.07, 6.45) is 1.84. The lowest BCUT2D eigenvalue weighted by Gasteiger charge is -2.12. The van der Waals surface area contributed by atoms with E-state index in [-0.39, 0.29) is 0 Å². The third-order valence-electron chi connectivity index (χ3n) is 3.10. The molecule has 0 unspecified atom stereocenters. The van der Waals surface area contributed by atoms with Crippen LogP contribution < -0.4 is 0 Å². The second-order valence-electron chi connectivity index (χ2n) is 4.88. The van der Waals surface area contributed by atoms with Gasteiger partial charge >= 0.3 is 0 Å². The number of fused-ring (bicyclic) bond motifs is 1. The lowest BCUT2D eigenvalue weighted by atomic mass is 10.3. The van der Waals surface area contributed by atoms with Crippen LogP contribution in [-0.2, 0) is 13.0 Å². The molecular formula is C14H19Cl2N3. The summed E-state index contributed by atoms with van der Waals surface area (Å²) in [4.78, 5) is 6.82. The van der Waals surface area contributed by atoms with Crippen LogP contribution >= 0.6 is 23.2 Å². The normalized spacial score (nSPS) is 11.6. The van der Waals surface area contributed by atoms with Crippen molar-refractivity contribution < 1.29 is 0 Å². The van der Waals surface area contributed by atoms with Crippen molar-refractivity contribution in [2.45, 2.75) is 19.4 Å². The summed E-state index contributed by atoms with van der Waals surface area (Å²) < 4.78 is 2.21. The van der Waals surface area contributed by atoms with Crippen LogP contribution in [0.25, 0.3) is 11.0 Å². The molecule has 2 rings (SSSR count). The SMILES string of the molecule is CN(C)CCCn1c(CCCl)nc2cccc(Cl)c21. The first-order valence-corrected chi connectivity index (χ1v) is 7.39. The highest BCUT2D eigenvalue weighted by Gasteiger charge is 2.12. The largest absolute Gasteiger partial charge is 0.327 e. The summed E-state index contributed by atoms with van der Waals surface area (Å²) in [5, 5.41) is 0.760. The van der Waals surface area contributed by atoms with Crippen LogP contribution in [0.3, 0.4) is 0 Å². The Morgan fingerprint density at radius 1 is 1.32 bits per heavy atom. The highest BCUT2D eigenvalue weighted by molar-refractivity contribution is 6.35. The molecule has 0 bridgehead atoms. The molecule has 1 aromatic heterocycles. The van der Waals surface area contributed by atoms with E-state index in [4.69, 9.17) is 23.2 Å². The van der Waals surface area contributed by atoms with Gasteiger partial charge < -0.3 is 9.47 Å². The Balaban J connectivity index is 2.34. The Morgan fingerprint density at radius 2 is 2.11 bits per heavy atom. The maximum atomic E-state index is 6.31. The molecule has 0 N–H and O–H groups in total. The number of hydrogen-bond acceptors (Lipinski definition) is 2. The molecule has 2 aromatic rings. The lowest BCUT2D eigenvalue weighted by Crippen LogP contribution is -2.16. The van der Waals surface area contributed by atoms with Gasteiger partial charge in [-0.05, 0) is 39.2 Å². The van der Waals surface area contributed by atoms with Crippen LogP contribution in [0.1, 0.15) is 12.2 Å². The predicted octanol–water partition coefficient (Wildman–Crippen LogP) is 3.42. The van der Waals surface area contributed by atoms with E-state index in [1.165, 1.54) is 0 Å². The van der Waals surface area contributed by atoms with Gasteiger partial charge in [0.05, 0.1) is 16.1 Å². The van der Waals surface area contributed by atoms with Crippen LogP contribution in [-0.4, -0.2) is 41.0 Å². The Kier molecular flexibility index (Phi) is 5.08. The number of aromatic nitrogens is 2. The van der Waals surface area contributed by atoms with Crippen molar-refractivity contribution in [3.63, 3.8) is 0 Å². The van der Waals surface area contributed by atoms with Crippen LogP contribution in [0.2, 0.25) is 5.02 Å². The smallest absolute Gasteiger partial charge is 0.111 e. The van der Waals surface area contributed by atoms with Gasteiger partial charge in [0.15, 0.2) is 0 Å². The monoisotopic (exact) mass is 299 g/mol. The van der Waals surface area contributed by atoms with Crippen molar-refractivity contribution in [1.29, 1.82) is 0 Å². The van der Waals surface area contributed by atoms with Gasteiger partial charge in [-0.2, -0.15) is 0 Å². The lowest BCUT2D eigenvalue weighted by molar-refractivity contribution is 0.386. The van der Waals surface area contributed by atoms with Gasteiger partial charge in [0.25, 0.3) is 0 Å². The molecule has 0 saturated carbocycles. The third kappa shape index (κ3) is 3.41. The summed E-state index contributed by atoms with van der Waals surface area (Å²) in [6, 6.07) is 5.85. The van der Waals surface area contributed by atoms with Crippen molar-refractivity contribution in [3.05, 3.63) is 29.0 Å². The van der Waals surface area contributed by atoms with Gasteiger partial charge in [0, 0.05) is 18.8 Å². The number of imidazole rings is 1. The van der Waals surface area contributed by atoms with E-state index in [9.17, 15) is 0 Å². The zero-order valence-electron chi connectivity index (χ0n) is 11.4. The van der Waals surface area contributed by atoms with Gasteiger partial charge in [0.2, 0.25) is 0 Å². The molecular weight excluding hydrogens is 281 g/mol. The van der Waals surface area contributed by atoms with Gasteiger partial charge in [-0.1, -0.05) is 17.7 Å². The first kappa shape index (κ1) is 14.6. The van der Waals surface area contributed by atoms with Crippen molar-refractivity contribution in [1.82, 2.24) is 14.5 Å². The van der Waals surface area contributed by atoms with Crippen molar-refractivity contribution in [2.75, 3.05) is 26.5 Å². The summed E-state index contributed by atoms with van der Waals surface area (Å²) in [7, 11) is 4.16. The minimum absolute atomic E-state index is 0.578. The van der Waals surface area contributed by atoms with Gasteiger partial charge in [0.1, 0.15) is 5.82 Å². The maximum absolute atomic E-state index is 6.31. The Hall–Kier alpha value is -0.770. The second-order valence-corrected chi connectivity index (χ2v) is 5.67. The predicted molar refractivity (Wildman–Crippen MR) is 82.3 cm³/mol. The van der Waals surface area contributed by atoms with E-state index in [2.05, 4.69) is 28.5 Å². The second kappa shape index (κ2) is 6.60. The van der Waals surface area contributed by atoms with E-state index in [1.54, 1.807) is 0 Å². The minimum atomic E-state index is 0.578. The Labute approximate surface area is 124 Å². The molecule has 0 atom stereocenters. The van der Waals surface area contributed by atoms with E-state index in [1.807, 2.05) is 18.2 Å². The zero-order chi connectivity index (χ0) is 13.8. The zero-order valence-corrected chi connectivity index (χ0v) is 12.9. The molecule has 3 nitrogen and oxygen atoms in total. The number of rotatable bonds is 6. The summed E-state index contributed by atoms with van der Waals surface area (Å²) in [5.74, 6) is 1.60. The number of alkyl halides is 1. The first-order valence-electron chi connectivity index (χ1n) is 6.48. The summed E-state index contributed by atoms with van der Waals surface area (Å²) in [5.41, 5.74) is 1.99. The molecule has 104 valence electrons. The number of para-hydroxylation sites is 1. The van der Waals surface area contributed by atoms with E-state index in [0.29, 0.717) is 5.88 Å². The number of benzene rings is 1. The quantitative estimate of drug-likeness (QED) is 0.762. The molecule has 0 fully saturated rings. The van der Waals surface area contributed by atoms with Gasteiger partial charge in [-0.25, -0.2) is 4.98 Å². The molecule has 1 heterocycles. The molecule has 0 amide bonds. The molecule has 5 heteroatoms. The summed E-state index contributed by atoms with van der Waals surface area (Å²) in [6.45, 7) is 1.97. The van der Waals surface area contributed by atoms with Crippen LogP contribution in [0.5, 0.6) is 0 Å². The summed E-state index contributed by atoms with van der Waals surface area (Å²) >= 11 is 12.2. The standard InChI is InChI=1S/C14H19Cl2N3/c1-18(2)9-4-10-19-13(7-8-15)17-12-6-3-5-11(16)14(12)19/h3,5-6H,4,7-10H2,1-2H3. The van der Waals surface area contributed by atoms with Crippen LogP contribution in [0.15, 0.2) is 18.2 Å². The number of halogens is 2. The maximum Gasteiger partial charge on any atom is 0.111 e. The molecule has 0 aliphatic heterocycles. The molecule has 0 saturated heterocycles. The van der Waals surface area contributed by atoms with Gasteiger partial charge in [-0.3, -0.25) is 0 Å². The molecule has 19 heavy (non-hydrogen) atoms. The average molecular weight is 300 g/mol. The van der Waals surface area contributed by atoms with Crippen molar-refractivity contribution in [3.8, 4) is 0 Å². The van der Waals surface area contributed by atoms with Crippen LogP contribution in [0, 0.1) is 0 Å². The Bertz CT molecular complexity index is 549. The number of hydrogen-bond donors (Lipinski definition) is 0. The fraction of sp³-hybridized carbons (Fsp3) is 0.500. The van der Waals surface area contributed by atoms with E-state index < -0.39 is 0 Å². The molecule has 1 aromatic carbocycles.